The predicted octanol–water partition coefficient (Wildman–Crippen LogP) is 1.35. The van der Waals surface area contributed by atoms with Gasteiger partial charge in [-0.25, -0.2) is 9.78 Å². The van der Waals surface area contributed by atoms with Gasteiger partial charge in [0.2, 0.25) is 5.91 Å². The lowest BCUT2D eigenvalue weighted by molar-refractivity contribution is -0.131. The number of carboxylic acids is 1. The molecule has 2 aliphatic heterocycles. The van der Waals surface area contributed by atoms with E-state index >= 15 is 0 Å². The minimum atomic E-state index is -0.965. The normalized spacial score (nSPS) is 23.3. The molecule has 0 aromatic carbocycles. The maximum Gasteiger partial charge on any atom is 0.335 e. The van der Waals surface area contributed by atoms with Crippen LogP contribution in [0.15, 0.2) is 18.3 Å². The van der Waals surface area contributed by atoms with Crippen LogP contribution in [0.5, 0.6) is 0 Å². The number of carboxylic acid groups (broad SMARTS) is 1. The summed E-state index contributed by atoms with van der Waals surface area (Å²) in [5, 5.41) is 12.6. The van der Waals surface area contributed by atoms with Gasteiger partial charge in [-0.05, 0) is 44.7 Å². The molecule has 7 nitrogen and oxygen atoms in total. The largest absolute Gasteiger partial charge is 0.478 e. The number of carbonyl (C=O) groups is 2. The molecular weight excluding hydrogens is 368 g/mol. The summed E-state index contributed by atoms with van der Waals surface area (Å²) in [7, 11) is 0. The number of terminal acetylenes is 2. The number of nitrogens with zero attached hydrogens (tertiary/aromatic N) is 3. The van der Waals surface area contributed by atoms with E-state index < -0.39 is 5.97 Å². The molecule has 1 amide bonds. The number of likely N-dealkylation sites (tertiary alicyclic amines) is 1. The van der Waals surface area contributed by atoms with Crippen molar-refractivity contribution in [2.24, 2.45) is 0 Å². The van der Waals surface area contributed by atoms with Gasteiger partial charge in [0.05, 0.1) is 24.2 Å². The summed E-state index contributed by atoms with van der Waals surface area (Å²) in [6, 6.07) is 2.62. The number of piperidine rings is 1. The third kappa shape index (κ3) is 4.52. The molecule has 0 bridgehead atoms. The second kappa shape index (κ2) is 8.55. The van der Waals surface area contributed by atoms with Gasteiger partial charge in [0.1, 0.15) is 5.82 Å². The Morgan fingerprint density at radius 3 is 2.45 bits per heavy atom. The van der Waals surface area contributed by atoms with Crippen LogP contribution < -0.4 is 10.2 Å². The number of nitrogens with one attached hydrogen (secondary N) is 1. The van der Waals surface area contributed by atoms with E-state index in [0.717, 1.165) is 38.8 Å². The van der Waals surface area contributed by atoms with Crippen LogP contribution in [0.25, 0.3) is 0 Å². The molecule has 0 unspecified atom stereocenters. The van der Waals surface area contributed by atoms with Crippen LogP contribution in [0.2, 0.25) is 0 Å². The van der Waals surface area contributed by atoms with Crippen LogP contribution in [0.1, 0.15) is 43.0 Å². The summed E-state index contributed by atoms with van der Waals surface area (Å²) in [6.07, 6.45) is 15.7. The predicted molar refractivity (Wildman–Crippen MR) is 110 cm³/mol. The summed E-state index contributed by atoms with van der Waals surface area (Å²) in [5.74, 6) is 4.97. The molecule has 0 spiro atoms. The first-order chi connectivity index (χ1) is 13.9. The van der Waals surface area contributed by atoms with E-state index in [1.165, 1.54) is 12.3 Å². The van der Waals surface area contributed by atoms with E-state index in [1.54, 1.807) is 11.0 Å². The molecule has 152 valence electrons. The van der Waals surface area contributed by atoms with Crippen LogP contribution in [0, 0.1) is 24.7 Å². The summed E-state index contributed by atoms with van der Waals surface area (Å²) < 4.78 is 0. The molecule has 2 aliphatic rings. The van der Waals surface area contributed by atoms with E-state index in [1.807, 2.05) is 0 Å². The Hall–Kier alpha value is -3.03. The SMILES string of the molecule is C#C[C@@H]1CC[C@H](C#C)N1C(=O)CNC1(C)CCN(c2cc(C(=O)O)ccn2)CC1. The van der Waals surface area contributed by atoms with E-state index in [2.05, 4.69) is 34.0 Å². The summed E-state index contributed by atoms with van der Waals surface area (Å²) in [6.45, 7) is 3.73. The zero-order valence-electron chi connectivity index (χ0n) is 16.6. The van der Waals surface area contributed by atoms with Gasteiger partial charge in [-0.2, -0.15) is 0 Å². The average molecular weight is 394 g/mol. The van der Waals surface area contributed by atoms with E-state index in [9.17, 15) is 9.59 Å². The number of aromatic nitrogens is 1. The smallest absolute Gasteiger partial charge is 0.335 e. The van der Waals surface area contributed by atoms with Crippen molar-refractivity contribution in [1.82, 2.24) is 15.2 Å². The lowest BCUT2D eigenvalue weighted by Crippen LogP contribution is -2.55. The van der Waals surface area contributed by atoms with Crippen LogP contribution in [0.4, 0.5) is 5.82 Å². The fourth-order valence-corrected chi connectivity index (χ4v) is 4.00. The van der Waals surface area contributed by atoms with Crippen molar-refractivity contribution in [1.29, 1.82) is 0 Å². The van der Waals surface area contributed by atoms with Crippen molar-refractivity contribution in [3.8, 4) is 24.7 Å². The minimum absolute atomic E-state index is 0.0621. The van der Waals surface area contributed by atoms with Crippen molar-refractivity contribution in [2.75, 3.05) is 24.5 Å². The van der Waals surface area contributed by atoms with Crippen LogP contribution in [-0.4, -0.2) is 64.1 Å². The number of hydrogen-bond acceptors (Lipinski definition) is 5. The fourth-order valence-electron chi connectivity index (χ4n) is 4.00. The van der Waals surface area contributed by atoms with Gasteiger partial charge < -0.3 is 20.2 Å². The molecule has 29 heavy (non-hydrogen) atoms. The maximum absolute atomic E-state index is 12.8. The van der Waals surface area contributed by atoms with E-state index in [0.29, 0.717) is 5.82 Å². The van der Waals surface area contributed by atoms with Gasteiger partial charge in [-0.1, -0.05) is 11.8 Å². The third-order valence-electron chi connectivity index (χ3n) is 5.91. The van der Waals surface area contributed by atoms with Gasteiger partial charge in [-0.15, -0.1) is 12.8 Å². The van der Waals surface area contributed by atoms with Crippen LogP contribution in [0.3, 0.4) is 0 Å². The Kier molecular flexibility index (Phi) is 6.10. The number of rotatable bonds is 5. The standard InChI is InChI=1S/C22H26N4O3/c1-4-17-6-7-18(5-2)26(17)20(27)15-24-22(3)9-12-25(13-10-22)19-14-16(21(28)29)8-11-23-19/h1-2,8,11,14,17-18,24H,6-7,9-10,12-13,15H2,3H3,(H,28,29)/t17-,18+. The Balaban J connectivity index is 1.56. The van der Waals surface area contributed by atoms with Gasteiger partial charge in [0, 0.05) is 24.8 Å². The molecule has 7 heteroatoms. The second-order valence-corrected chi connectivity index (χ2v) is 7.85. The van der Waals surface area contributed by atoms with Gasteiger partial charge in [0.25, 0.3) is 0 Å². The number of pyridine rings is 1. The zero-order valence-corrected chi connectivity index (χ0v) is 16.6. The molecule has 1 aromatic heterocycles. The molecule has 2 fully saturated rings. The molecule has 0 saturated carbocycles. The first-order valence-electron chi connectivity index (χ1n) is 9.79. The highest BCUT2D eigenvalue weighted by molar-refractivity contribution is 5.88. The fraction of sp³-hybridized carbons (Fsp3) is 0.500. The Labute approximate surface area is 171 Å². The molecule has 2 atom stereocenters. The van der Waals surface area contributed by atoms with E-state index in [-0.39, 0.29) is 35.6 Å². The highest BCUT2D eigenvalue weighted by Crippen LogP contribution is 2.27. The Morgan fingerprint density at radius 1 is 1.28 bits per heavy atom. The average Bonchev–Trinajstić information content (AvgIpc) is 3.16. The Bertz CT molecular complexity index is 840. The van der Waals surface area contributed by atoms with Crippen molar-refractivity contribution in [3.05, 3.63) is 23.9 Å². The summed E-state index contributed by atoms with van der Waals surface area (Å²) in [5.41, 5.74) is 0.0249. The van der Waals surface area contributed by atoms with Crippen molar-refractivity contribution in [3.63, 3.8) is 0 Å². The number of carbonyl (C=O) groups excluding carboxylic acids is 1. The molecule has 2 N–H and O–H groups in total. The quantitative estimate of drug-likeness (QED) is 0.734. The van der Waals surface area contributed by atoms with Crippen molar-refractivity contribution < 1.29 is 14.7 Å². The molecular formula is C22H26N4O3. The molecule has 2 saturated heterocycles. The van der Waals surface area contributed by atoms with Crippen LogP contribution in [-0.2, 0) is 4.79 Å². The number of anilines is 1. The Morgan fingerprint density at radius 2 is 1.90 bits per heavy atom. The van der Waals surface area contributed by atoms with E-state index in [4.69, 9.17) is 18.0 Å². The van der Waals surface area contributed by atoms with Gasteiger partial charge >= 0.3 is 5.97 Å². The molecule has 3 rings (SSSR count). The zero-order chi connectivity index (χ0) is 21.0. The highest BCUT2D eigenvalue weighted by Gasteiger charge is 2.36. The number of amides is 1. The topological polar surface area (TPSA) is 85.8 Å². The lowest BCUT2D eigenvalue weighted by Gasteiger charge is -2.41. The maximum atomic E-state index is 12.8. The number of hydrogen-bond donors (Lipinski definition) is 2. The molecule has 0 radical (unpaired) electrons. The monoisotopic (exact) mass is 394 g/mol. The summed E-state index contributed by atoms with van der Waals surface area (Å²) in [4.78, 5) is 32.0. The minimum Gasteiger partial charge on any atom is -0.478 e. The van der Waals surface area contributed by atoms with Crippen molar-refractivity contribution in [2.45, 2.75) is 50.2 Å². The lowest BCUT2D eigenvalue weighted by atomic mass is 9.89. The first kappa shape index (κ1) is 20.7. The molecule has 0 aliphatic carbocycles. The second-order valence-electron chi connectivity index (χ2n) is 7.85. The van der Waals surface area contributed by atoms with Gasteiger partial charge in [0.15, 0.2) is 0 Å². The van der Waals surface area contributed by atoms with Gasteiger partial charge in [-0.3, -0.25) is 4.79 Å². The molecule has 1 aromatic rings. The number of aromatic carboxylic acids is 1. The molecule has 3 heterocycles. The summed E-state index contributed by atoms with van der Waals surface area (Å²) >= 11 is 0. The third-order valence-corrected chi connectivity index (χ3v) is 5.91. The first-order valence-corrected chi connectivity index (χ1v) is 9.79. The highest BCUT2D eigenvalue weighted by atomic mass is 16.4. The van der Waals surface area contributed by atoms with Crippen molar-refractivity contribution >= 4 is 17.7 Å². The van der Waals surface area contributed by atoms with Crippen LogP contribution >= 0.6 is 0 Å².